The maximum absolute atomic E-state index is 8.80. The predicted octanol–water partition coefficient (Wildman–Crippen LogP) is 3.93. The van der Waals surface area contributed by atoms with Crippen LogP contribution in [0.3, 0.4) is 0 Å². The van der Waals surface area contributed by atoms with Crippen LogP contribution in [0.1, 0.15) is 11.1 Å². The van der Waals surface area contributed by atoms with Crippen molar-refractivity contribution in [2.45, 2.75) is 6.54 Å². The lowest BCUT2D eigenvalue weighted by Crippen LogP contribution is -1.99. The van der Waals surface area contributed by atoms with E-state index in [1.54, 1.807) is 6.07 Å². The first-order valence-electron chi connectivity index (χ1n) is 5.26. The fourth-order valence-electron chi connectivity index (χ4n) is 1.55. The molecule has 2 rings (SSSR count). The van der Waals surface area contributed by atoms with Gasteiger partial charge in [-0.25, -0.2) is 0 Å². The molecule has 0 heterocycles. The van der Waals surface area contributed by atoms with Gasteiger partial charge in [0, 0.05) is 16.7 Å². The highest BCUT2D eigenvalue weighted by Crippen LogP contribution is 2.14. The molecule has 0 saturated carbocycles. The molecule has 0 amide bonds. The lowest BCUT2D eigenvalue weighted by Gasteiger charge is -2.07. The summed E-state index contributed by atoms with van der Waals surface area (Å²) in [4.78, 5) is 0. The Bertz CT molecular complexity index is 558. The second-order valence-electron chi connectivity index (χ2n) is 3.68. The van der Waals surface area contributed by atoms with Gasteiger partial charge in [0.25, 0.3) is 0 Å². The third kappa shape index (κ3) is 3.33. The average molecular weight is 287 g/mol. The van der Waals surface area contributed by atoms with Crippen LogP contribution in [0.5, 0.6) is 0 Å². The molecule has 0 unspecified atom stereocenters. The maximum atomic E-state index is 8.80. The molecule has 0 saturated heterocycles. The van der Waals surface area contributed by atoms with Gasteiger partial charge >= 0.3 is 0 Å². The lowest BCUT2D eigenvalue weighted by atomic mass is 10.2. The molecule has 0 radical (unpaired) electrons. The van der Waals surface area contributed by atoms with Gasteiger partial charge in [-0.1, -0.05) is 34.1 Å². The molecule has 2 aromatic rings. The van der Waals surface area contributed by atoms with Crippen LogP contribution >= 0.6 is 15.9 Å². The quantitative estimate of drug-likeness (QED) is 0.928. The van der Waals surface area contributed by atoms with E-state index in [1.807, 2.05) is 30.3 Å². The minimum Gasteiger partial charge on any atom is -0.381 e. The van der Waals surface area contributed by atoms with E-state index in [0.717, 1.165) is 16.7 Å². The molecule has 0 aliphatic rings. The van der Waals surface area contributed by atoms with Crippen LogP contribution < -0.4 is 5.32 Å². The standard InChI is InChI=1S/C14H11BrN2/c15-13-5-1-4-12(7-13)10-17-14-6-2-3-11(8-14)9-16/h1-8,17H,10H2. The van der Waals surface area contributed by atoms with Crippen LogP contribution in [0.25, 0.3) is 0 Å². The molecule has 0 aromatic heterocycles. The molecule has 0 atom stereocenters. The van der Waals surface area contributed by atoms with Crippen molar-refractivity contribution in [3.05, 3.63) is 64.1 Å². The molecule has 0 spiro atoms. The van der Waals surface area contributed by atoms with E-state index in [9.17, 15) is 0 Å². The first-order chi connectivity index (χ1) is 8.28. The minimum atomic E-state index is 0.671. The SMILES string of the molecule is N#Cc1cccc(NCc2cccc(Br)c2)c1. The number of rotatable bonds is 3. The second kappa shape index (κ2) is 5.51. The van der Waals surface area contributed by atoms with E-state index >= 15 is 0 Å². The summed E-state index contributed by atoms with van der Waals surface area (Å²) in [6, 6.07) is 17.7. The summed E-state index contributed by atoms with van der Waals surface area (Å²) in [6.45, 7) is 0.744. The van der Waals surface area contributed by atoms with Crippen molar-refractivity contribution in [1.29, 1.82) is 5.26 Å². The van der Waals surface area contributed by atoms with Crippen molar-refractivity contribution in [2.75, 3.05) is 5.32 Å². The van der Waals surface area contributed by atoms with Crippen molar-refractivity contribution in [3.8, 4) is 6.07 Å². The van der Waals surface area contributed by atoms with Crippen molar-refractivity contribution < 1.29 is 0 Å². The molecular weight excluding hydrogens is 276 g/mol. The minimum absolute atomic E-state index is 0.671. The molecule has 1 N–H and O–H groups in total. The van der Waals surface area contributed by atoms with Gasteiger partial charge in [0.05, 0.1) is 11.6 Å². The van der Waals surface area contributed by atoms with Crippen LogP contribution in [-0.4, -0.2) is 0 Å². The molecule has 84 valence electrons. The Balaban J connectivity index is 2.05. The Hall–Kier alpha value is -1.79. The number of nitrogens with one attached hydrogen (secondary N) is 1. The van der Waals surface area contributed by atoms with Gasteiger partial charge in [0.1, 0.15) is 0 Å². The highest BCUT2D eigenvalue weighted by atomic mass is 79.9. The Morgan fingerprint density at radius 1 is 1.12 bits per heavy atom. The summed E-state index contributed by atoms with van der Waals surface area (Å²) in [5, 5.41) is 12.1. The Labute approximate surface area is 109 Å². The number of nitrogens with zero attached hydrogens (tertiary/aromatic N) is 1. The predicted molar refractivity (Wildman–Crippen MR) is 72.6 cm³/mol. The Morgan fingerprint density at radius 2 is 1.94 bits per heavy atom. The van der Waals surface area contributed by atoms with E-state index in [1.165, 1.54) is 5.56 Å². The zero-order valence-electron chi connectivity index (χ0n) is 9.15. The highest BCUT2D eigenvalue weighted by Gasteiger charge is 1.96. The van der Waals surface area contributed by atoms with Crippen LogP contribution in [0.4, 0.5) is 5.69 Å². The third-order valence-corrected chi connectivity index (χ3v) is 2.87. The molecule has 0 fully saturated rings. The Kier molecular flexibility index (Phi) is 3.79. The van der Waals surface area contributed by atoms with Crippen LogP contribution in [0.2, 0.25) is 0 Å². The zero-order chi connectivity index (χ0) is 12.1. The zero-order valence-corrected chi connectivity index (χ0v) is 10.7. The number of hydrogen-bond donors (Lipinski definition) is 1. The summed E-state index contributed by atoms with van der Waals surface area (Å²) in [5.41, 5.74) is 2.83. The Morgan fingerprint density at radius 3 is 2.71 bits per heavy atom. The van der Waals surface area contributed by atoms with E-state index < -0.39 is 0 Å². The molecule has 2 nitrogen and oxygen atoms in total. The van der Waals surface area contributed by atoms with Crippen LogP contribution in [0, 0.1) is 11.3 Å². The topological polar surface area (TPSA) is 35.8 Å². The monoisotopic (exact) mass is 286 g/mol. The maximum Gasteiger partial charge on any atom is 0.0992 e. The van der Waals surface area contributed by atoms with Crippen molar-refractivity contribution in [3.63, 3.8) is 0 Å². The van der Waals surface area contributed by atoms with Crippen LogP contribution in [-0.2, 0) is 6.54 Å². The van der Waals surface area contributed by atoms with Crippen LogP contribution in [0.15, 0.2) is 53.0 Å². The average Bonchev–Trinajstić information content (AvgIpc) is 2.37. The molecule has 0 aliphatic carbocycles. The van der Waals surface area contributed by atoms with Gasteiger partial charge in [0.15, 0.2) is 0 Å². The van der Waals surface area contributed by atoms with E-state index in [4.69, 9.17) is 5.26 Å². The van der Waals surface area contributed by atoms with Gasteiger partial charge in [-0.2, -0.15) is 5.26 Å². The molecule has 0 bridgehead atoms. The normalized spacial score (nSPS) is 9.65. The molecule has 2 aromatic carbocycles. The van der Waals surface area contributed by atoms with Gasteiger partial charge < -0.3 is 5.32 Å². The van der Waals surface area contributed by atoms with Crippen molar-refractivity contribution >= 4 is 21.6 Å². The molecule has 17 heavy (non-hydrogen) atoms. The summed E-state index contributed by atoms with van der Waals surface area (Å²) in [5.74, 6) is 0. The first-order valence-corrected chi connectivity index (χ1v) is 6.06. The lowest BCUT2D eigenvalue weighted by molar-refractivity contribution is 1.15. The summed E-state index contributed by atoms with van der Waals surface area (Å²) in [6.07, 6.45) is 0. The fraction of sp³-hybridized carbons (Fsp3) is 0.0714. The molecule has 0 aliphatic heterocycles. The fourth-order valence-corrected chi connectivity index (χ4v) is 2.00. The van der Waals surface area contributed by atoms with Gasteiger partial charge in [-0.15, -0.1) is 0 Å². The number of anilines is 1. The summed E-state index contributed by atoms with van der Waals surface area (Å²) < 4.78 is 1.07. The van der Waals surface area contributed by atoms with Gasteiger partial charge in [-0.05, 0) is 35.9 Å². The number of nitriles is 1. The third-order valence-electron chi connectivity index (χ3n) is 2.38. The highest BCUT2D eigenvalue weighted by molar-refractivity contribution is 9.10. The smallest absolute Gasteiger partial charge is 0.0992 e. The van der Waals surface area contributed by atoms with Crippen molar-refractivity contribution in [2.24, 2.45) is 0 Å². The second-order valence-corrected chi connectivity index (χ2v) is 4.59. The van der Waals surface area contributed by atoms with Gasteiger partial charge in [0.2, 0.25) is 0 Å². The first kappa shape index (κ1) is 11.7. The number of benzene rings is 2. The van der Waals surface area contributed by atoms with E-state index in [-0.39, 0.29) is 0 Å². The molecule has 3 heteroatoms. The summed E-state index contributed by atoms with van der Waals surface area (Å²) in [7, 11) is 0. The number of halogens is 1. The number of hydrogen-bond acceptors (Lipinski definition) is 2. The van der Waals surface area contributed by atoms with E-state index in [0.29, 0.717) is 5.56 Å². The van der Waals surface area contributed by atoms with E-state index in [2.05, 4.69) is 39.4 Å². The molecular formula is C14H11BrN2. The van der Waals surface area contributed by atoms with Crippen molar-refractivity contribution in [1.82, 2.24) is 0 Å². The summed E-state index contributed by atoms with van der Waals surface area (Å²) >= 11 is 3.44. The largest absolute Gasteiger partial charge is 0.381 e. The van der Waals surface area contributed by atoms with Gasteiger partial charge in [-0.3, -0.25) is 0 Å².